The zero-order chi connectivity index (χ0) is 16.9. The minimum Gasteiger partial charge on any atom is -0.466 e. The summed E-state index contributed by atoms with van der Waals surface area (Å²) < 4.78 is 5.76. The molecule has 0 bridgehead atoms. The van der Waals surface area contributed by atoms with E-state index in [1.165, 1.54) is 0 Å². The average molecular weight is 517 g/mol. The molecule has 4 heteroatoms. The predicted octanol–water partition coefficient (Wildman–Crippen LogP) is 5.20. The molecule has 0 aliphatic heterocycles. The van der Waals surface area contributed by atoms with E-state index in [1.807, 2.05) is 78.9 Å². The van der Waals surface area contributed by atoms with E-state index in [-0.39, 0.29) is 21.1 Å². The van der Waals surface area contributed by atoms with Crippen molar-refractivity contribution >= 4 is 0 Å². The molecule has 3 nitrogen and oxygen atoms in total. The summed E-state index contributed by atoms with van der Waals surface area (Å²) in [7, 11) is 0. The fourth-order valence-corrected chi connectivity index (χ4v) is 2.46. The van der Waals surface area contributed by atoms with Gasteiger partial charge in [-0.05, 0) is 12.1 Å². The van der Waals surface area contributed by atoms with Crippen LogP contribution < -0.4 is 4.74 Å². The summed E-state index contributed by atoms with van der Waals surface area (Å²) in [6.07, 6.45) is 1.78. The Morgan fingerprint density at radius 2 is 1.50 bits per heavy atom. The van der Waals surface area contributed by atoms with Crippen molar-refractivity contribution in [2.75, 3.05) is 0 Å². The summed E-state index contributed by atoms with van der Waals surface area (Å²) in [6, 6.07) is 31.3. The third-order valence-electron chi connectivity index (χ3n) is 3.63. The number of aromatic nitrogens is 2. The van der Waals surface area contributed by atoms with Crippen molar-refractivity contribution in [1.29, 1.82) is 0 Å². The third-order valence-corrected chi connectivity index (χ3v) is 3.63. The molecule has 0 aliphatic rings. The zero-order valence-electron chi connectivity index (χ0n) is 13.7. The molecule has 0 atom stereocenters. The third kappa shape index (κ3) is 4.25. The second-order valence-corrected chi connectivity index (χ2v) is 5.38. The first kappa shape index (κ1) is 18.0. The maximum Gasteiger partial charge on any atom is 2.00 e. The van der Waals surface area contributed by atoms with Gasteiger partial charge in [-0.15, -0.1) is 36.4 Å². The predicted molar refractivity (Wildman–Crippen MR) is 97.1 cm³/mol. The largest absolute Gasteiger partial charge is 2.00 e. The molecule has 2 aromatic carbocycles. The maximum atomic E-state index is 5.76. The normalized spacial score (nSPS) is 10.0. The van der Waals surface area contributed by atoms with Gasteiger partial charge >= 0.3 is 21.1 Å². The van der Waals surface area contributed by atoms with Gasteiger partial charge in [-0.25, -0.2) is 0 Å². The first-order valence-electron chi connectivity index (χ1n) is 7.94. The SMILES string of the molecule is [Pt+2].[c-]1ccccc1Oc1cccc(-c2[c-]c(-c3ccccn3)ccc2)n1. The van der Waals surface area contributed by atoms with Crippen LogP contribution in [0.15, 0.2) is 85.1 Å². The van der Waals surface area contributed by atoms with Crippen molar-refractivity contribution in [2.45, 2.75) is 0 Å². The Labute approximate surface area is 167 Å². The molecule has 4 rings (SSSR count). The van der Waals surface area contributed by atoms with Crippen LogP contribution in [0.5, 0.6) is 11.6 Å². The van der Waals surface area contributed by atoms with Crippen molar-refractivity contribution in [3.8, 4) is 34.1 Å². The quantitative estimate of drug-likeness (QED) is 0.349. The molecule has 2 aromatic heterocycles. The fourth-order valence-electron chi connectivity index (χ4n) is 2.46. The number of nitrogens with zero attached hydrogens (tertiary/aromatic N) is 2. The second kappa shape index (κ2) is 8.55. The van der Waals surface area contributed by atoms with E-state index in [4.69, 9.17) is 4.74 Å². The van der Waals surface area contributed by atoms with E-state index in [0.717, 1.165) is 22.5 Å². The Bertz CT molecular complexity index is 975. The van der Waals surface area contributed by atoms with E-state index in [1.54, 1.807) is 6.20 Å². The average Bonchev–Trinajstić information content (AvgIpc) is 2.70. The molecule has 0 radical (unpaired) electrons. The Morgan fingerprint density at radius 3 is 2.27 bits per heavy atom. The van der Waals surface area contributed by atoms with Crippen molar-refractivity contribution < 1.29 is 25.8 Å². The van der Waals surface area contributed by atoms with E-state index in [9.17, 15) is 0 Å². The summed E-state index contributed by atoms with van der Waals surface area (Å²) in [5, 5.41) is 0. The molecule has 4 aromatic rings. The van der Waals surface area contributed by atoms with Crippen molar-refractivity contribution in [1.82, 2.24) is 9.97 Å². The Kier molecular flexibility index (Phi) is 5.93. The number of rotatable bonds is 4. The van der Waals surface area contributed by atoms with Gasteiger partial charge in [0.15, 0.2) is 0 Å². The van der Waals surface area contributed by atoms with Crippen LogP contribution in [0.2, 0.25) is 0 Å². The van der Waals surface area contributed by atoms with Gasteiger partial charge in [0.2, 0.25) is 5.88 Å². The van der Waals surface area contributed by atoms with E-state index in [0.29, 0.717) is 11.6 Å². The molecule has 0 spiro atoms. The molecule has 0 aliphatic carbocycles. The van der Waals surface area contributed by atoms with Gasteiger partial charge < -0.3 is 4.74 Å². The fraction of sp³-hybridized carbons (Fsp3) is 0. The smallest absolute Gasteiger partial charge is 0.466 e. The number of para-hydroxylation sites is 1. The second-order valence-electron chi connectivity index (χ2n) is 5.38. The van der Waals surface area contributed by atoms with Crippen LogP contribution in [0.4, 0.5) is 0 Å². The van der Waals surface area contributed by atoms with Crippen molar-refractivity contribution in [3.05, 3.63) is 97.2 Å². The van der Waals surface area contributed by atoms with Gasteiger partial charge in [-0.1, -0.05) is 35.4 Å². The van der Waals surface area contributed by atoms with Crippen LogP contribution in [0.1, 0.15) is 0 Å². The minimum absolute atomic E-state index is 0. The molecular weight excluding hydrogens is 503 g/mol. The molecule has 0 amide bonds. The van der Waals surface area contributed by atoms with Crippen LogP contribution >= 0.6 is 0 Å². The van der Waals surface area contributed by atoms with Gasteiger partial charge in [0, 0.05) is 23.3 Å². The Balaban J connectivity index is 0.00000196. The first-order valence-corrected chi connectivity index (χ1v) is 7.94. The number of ether oxygens (including phenoxy) is 1. The molecule has 0 unspecified atom stereocenters. The minimum atomic E-state index is 0. The van der Waals surface area contributed by atoms with Crippen LogP contribution in [-0.2, 0) is 21.1 Å². The number of hydrogen-bond acceptors (Lipinski definition) is 3. The van der Waals surface area contributed by atoms with Crippen LogP contribution in [-0.4, -0.2) is 9.97 Å². The van der Waals surface area contributed by atoms with Crippen LogP contribution in [0.3, 0.4) is 0 Å². The van der Waals surface area contributed by atoms with Crippen LogP contribution in [0.25, 0.3) is 22.5 Å². The molecule has 128 valence electrons. The molecule has 0 N–H and O–H groups in total. The molecule has 0 saturated heterocycles. The van der Waals surface area contributed by atoms with Gasteiger partial charge in [0.05, 0.1) is 0 Å². The van der Waals surface area contributed by atoms with E-state index >= 15 is 0 Å². The summed E-state index contributed by atoms with van der Waals surface area (Å²) in [5.74, 6) is 1.16. The number of hydrogen-bond donors (Lipinski definition) is 0. The van der Waals surface area contributed by atoms with Crippen molar-refractivity contribution in [2.24, 2.45) is 0 Å². The molecular formula is C22H14N2OPt. The topological polar surface area (TPSA) is 35.0 Å². The maximum absolute atomic E-state index is 5.76. The van der Waals surface area contributed by atoms with Gasteiger partial charge in [-0.2, -0.15) is 18.2 Å². The van der Waals surface area contributed by atoms with Gasteiger partial charge in [0.25, 0.3) is 0 Å². The van der Waals surface area contributed by atoms with E-state index < -0.39 is 0 Å². The monoisotopic (exact) mass is 517 g/mol. The van der Waals surface area contributed by atoms with Gasteiger partial charge in [0.1, 0.15) is 0 Å². The number of benzene rings is 2. The molecule has 2 heterocycles. The summed E-state index contributed by atoms with van der Waals surface area (Å²) >= 11 is 0. The zero-order valence-corrected chi connectivity index (χ0v) is 16.0. The summed E-state index contributed by atoms with van der Waals surface area (Å²) in [6.45, 7) is 0. The summed E-state index contributed by atoms with van der Waals surface area (Å²) in [5.41, 5.74) is 3.51. The summed E-state index contributed by atoms with van der Waals surface area (Å²) in [4.78, 5) is 8.96. The molecule has 26 heavy (non-hydrogen) atoms. The number of pyridine rings is 2. The molecule has 0 fully saturated rings. The Morgan fingerprint density at radius 1 is 0.731 bits per heavy atom. The molecule has 0 saturated carbocycles. The van der Waals surface area contributed by atoms with Crippen molar-refractivity contribution in [3.63, 3.8) is 0 Å². The van der Waals surface area contributed by atoms with Crippen LogP contribution in [0, 0.1) is 12.1 Å². The first-order chi connectivity index (χ1) is 12.4. The van der Waals surface area contributed by atoms with Gasteiger partial charge in [-0.3, -0.25) is 9.97 Å². The van der Waals surface area contributed by atoms with E-state index in [2.05, 4.69) is 22.1 Å². The standard InChI is InChI=1S/C22H14N2O.Pt/c1-2-10-19(11-3-1)25-22-14-7-13-21(24-22)18-9-6-8-17(16-18)20-12-4-5-15-23-20;/h1-10,12-15H;/q-2;+2. The Hall–Kier alpha value is -2.77.